The molecule has 0 amide bonds. The van der Waals surface area contributed by atoms with Gasteiger partial charge in [-0.2, -0.15) is 0 Å². The second-order valence-electron chi connectivity index (χ2n) is 8.84. The van der Waals surface area contributed by atoms with E-state index in [9.17, 15) is 0 Å². The van der Waals surface area contributed by atoms with Crippen molar-refractivity contribution in [3.05, 3.63) is 77.9 Å². The highest BCUT2D eigenvalue weighted by Crippen LogP contribution is 2.33. The number of allylic oxidation sites excluding steroid dienone is 6. The van der Waals surface area contributed by atoms with E-state index in [2.05, 4.69) is 79.0 Å². The van der Waals surface area contributed by atoms with Crippen molar-refractivity contribution in [1.29, 1.82) is 5.41 Å². The molecule has 1 aromatic carbocycles. The fraction of sp³-hybridized carbons (Fsp3) is 0.516. The summed E-state index contributed by atoms with van der Waals surface area (Å²) in [5.41, 5.74) is 7.75. The molecule has 0 spiro atoms. The van der Waals surface area contributed by atoms with Crippen LogP contribution in [0.2, 0.25) is 0 Å². The van der Waals surface area contributed by atoms with Gasteiger partial charge in [-0.05, 0) is 90.2 Å². The van der Waals surface area contributed by atoms with E-state index in [-0.39, 0.29) is 0 Å². The van der Waals surface area contributed by atoms with Crippen LogP contribution in [0.25, 0.3) is 5.57 Å². The molecule has 1 N–H and O–H groups in total. The van der Waals surface area contributed by atoms with Crippen LogP contribution in [0.15, 0.2) is 66.8 Å². The van der Waals surface area contributed by atoms with Gasteiger partial charge in [-0.3, -0.25) is 0 Å². The SMILES string of the molecule is C=C(C)C.C=C/C=C\C.CC/C(C)=C(/C)c1ccc(C)cc1.CCC1CCC(=N)C1CC. The highest BCUT2D eigenvalue weighted by Gasteiger charge is 2.28. The second kappa shape index (κ2) is 19.5. The molecule has 1 fully saturated rings. The van der Waals surface area contributed by atoms with E-state index >= 15 is 0 Å². The lowest BCUT2D eigenvalue weighted by Crippen LogP contribution is -2.11. The number of hydrogen-bond acceptors (Lipinski definition) is 1. The van der Waals surface area contributed by atoms with Gasteiger partial charge in [-0.15, -0.1) is 6.58 Å². The van der Waals surface area contributed by atoms with E-state index in [0.29, 0.717) is 5.92 Å². The molecule has 1 heteroatoms. The lowest BCUT2D eigenvalue weighted by atomic mass is 9.91. The van der Waals surface area contributed by atoms with Crippen LogP contribution in [-0.4, -0.2) is 5.71 Å². The summed E-state index contributed by atoms with van der Waals surface area (Å²) in [5, 5.41) is 7.64. The Labute approximate surface area is 200 Å². The van der Waals surface area contributed by atoms with Crippen LogP contribution in [0.3, 0.4) is 0 Å². The minimum Gasteiger partial charge on any atom is -0.309 e. The van der Waals surface area contributed by atoms with Gasteiger partial charge in [0.05, 0.1) is 0 Å². The number of nitrogens with one attached hydrogen (secondary N) is 1. The molecule has 32 heavy (non-hydrogen) atoms. The fourth-order valence-electron chi connectivity index (χ4n) is 3.53. The standard InChI is InChI=1S/C13H18.C9H17N.C5H8.C4H8/c1-5-11(3)12(4)13-8-6-10(2)7-9-13;1-3-7-5-6-9(10)8(7)4-2;1-3-5-4-2;1-4(2)3/h6-9H,5H2,1-4H3;7-8,10H,3-6H2,1-2H3;3-5H,1H2,2H3;1H2,2-3H3/b12-11-;;5-4-;. The highest BCUT2D eigenvalue weighted by atomic mass is 14.5. The van der Waals surface area contributed by atoms with E-state index < -0.39 is 0 Å². The molecule has 0 heterocycles. The molecule has 1 aliphatic carbocycles. The topological polar surface area (TPSA) is 23.9 Å². The Hall–Kier alpha value is -2.15. The van der Waals surface area contributed by atoms with E-state index in [1.165, 1.54) is 47.1 Å². The molecule has 0 saturated heterocycles. The summed E-state index contributed by atoms with van der Waals surface area (Å²) in [4.78, 5) is 0. The van der Waals surface area contributed by atoms with Gasteiger partial charge in [0, 0.05) is 5.71 Å². The summed E-state index contributed by atoms with van der Waals surface area (Å²) >= 11 is 0. The van der Waals surface area contributed by atoms with Crippen molar-refractivity contribution in [2.24, 2.45) is 11.8 Å². The molecule has 0 aromatic heterocycles. The fourth-order valence-corrected chi connectivity index (χ4v) is 3.53. The minimum atomic E-state index is 0.630. The molecule has 0 bridgehead atoms. The van der Waals surface area contributed by atoms with Crippen LogP contribution in [0.1, 0.15) is 98.6 Å². The first kappa shape index (κ1) is 32.0. The molecule has 0 radical (unpaired) electrons. The molecule has 1 aliphatic rings. The maximum Gasteiger partial charge on any atom is 0.0123 e. The predicted octanol–water partition coefficient (Wildman–Crippen LogP) is 10.4. The van der Waals surface area contributed by atoms with Gasteiger partial charge in [0.1, 0.15) is 0 Å². The number of rotatable bonds is 5. The Bertz CT molecular complexity index is 711. The van der Waals surface area contributed by atoms with E-state index in [1.807, 2.05) is 32.9 Å². The maximum atomic E-state index is 7.64. The van der Waals surface area contributed by atoms with Gasteiger partial charge in [-0.1, -0.05) is 93.0 Å². The monoisotopic (exact) mass is 437 g/mol. The average molecular weight is 438 g/mol. The summed E-state index contributed by atoms with van der Waals surface area (Å²) in [7, 11) is 0. The summed E-state index contributed by atoms with van der Waals surface area (Å²) in [6.45, 7) is 26.1. The molecule has 0 aliphatic heterocycles. The normalized spacial score (nSPS) is 17.7. The zero-order chi connectivity index (χ0) is 25.1. The smallest absolute Gasteiger partial charge is 0.0123 e. The van der Waals surface area contributed by atoms with Crippen molar-refractivity contribution in [1.82, 2.24) is 0 Å². The lowest BCUT2D eigenvalue weighted by molar-refractivity contribution is 0.415. The van der Waals surface area contributed by atoms with Crippen molar-refractivity contribution in [3.63, 3.8) is 0 Å². The molecule has 1 nitrogen and oxygen atoms in total. The Morgan fingerprint density at radius 2 is 1.56 bits per heavy atom. The van der Waals surface area contributed by atoms with Crippen molar-refractivity contribution in [2.45, 2.75) is 94.4 Å². The van der Waals surface area contributed by atoms with Gasteiger partial charge in [-0.25, -0.2) is 0 Å². The van der Waals surface area contributed by atoms with Crippen LogP contribution in [-0.2, 0) is 0 Å². The zero-order valence-electron chi connectivity index (χ0n) is 22.6. The van der Waals surface area contributed by atoms with Gasteiger partial charge < -0.3 is 5.41 Å². The van der Waals surface area contributed by atoms with Crippen LogP contribution < -0.4 is 0 Å². The Morgan fingerprint density at radius 1 is 1.03 bits per heavy atom. The van der Waals surface area contributed by atoms with Gasteiger partial charge >= 0.3 is 0 Å². The average Bonchev–Trinajstić information content (AvgIpc) is 3.13. The molecule has 2 rings (SSSR count). The number of aryl methyl sites for hydroxylation is 1. The Morgan fingerprint density at radius 3 is 1.88 bits per heavy atom. The highest BCUT2D eigenvalue weighted by molar-refractivity contribution is 5.85. The third-order valence-electron chi connectivity index (χ3n) is 5.75. The summed E-state index contributed by atoms with van der Waals surface area (Å²) < 4.78 is 0. The van der Waals surface area contributed by atoms with Crippen LogP contribution in [0.5, 0.6) is 0 Å². The number of benzene rings is 1. The van der Waals surface area contributed by atoms with E-state index in [4.69, 9.17) is 5.41 Å². The lowest BCUT2D eigenvalue weighted by Gasteiger charge is -2.14. The maximum absolute atomic E-state index is 7.64. The Kier molecular flexibility index (Phi) is 19.5. The third-order valence-corrected chi connectivity index (χ3v) is 5.75. The largest absolute Gasteiger partial charge is 0.309 e. The molecule has 1 saturated carbocycles. The van der Waals surface area contributed by atoms with Crippen LogP contribution >= 0.6 is 0 Å². The zero-order valence-corrected chi connectivity index (χ0v) is 22.6. The predicted molar refractivity (Wildman–Crippen MR) is 150 cm³/mol. The Balaban J connectivity index is 0. The summed E-state index contributed by atoms with van der Waals surface area (Å²) in [6.07, 6.45) is 11.5. The van der Waals surface area contributed by atoms with Gasteiger partial charge in [0.15, 0.2) is 0 Å². The first-order valence-electron chi connectivity index (χ1n) is 12.3. The number of hydrogen-bond donors (Lipinski definition) is 1. The van der Waals surface area contributed by atoms with Crippen molar-refractivity contribution in [3.8, 4) is 0 Å². The van der Waals surface area contributed by atoms with E-state index in [0.717, 1.165) is 24.5 Å². The molecule has 180 valence electrons. The summed E-state index contributed by atoms with van der Waals surface area (Å²) in [5.74, 6) is 1.46. The van der Waals surface area contributed by atoms with Crippen LogP contribution in [0.4, 0.5) is 0 Å². The van der Waals surface area contributed by atoms with Gasteiger partial charge in [0.2, 0.25) is 0 Å². The van der Waals surface area contributed by atoms with E-state index in [1.54, 1.807) is 6.08 Å². The summed E-state index contributed by atoms with van der Waals surface area (Å²) in [6, 6.07) is 8.73. The van der Waals surface area contributed by atoms with Gasteiger partial charge in [0.25, 0.3) is 0 Å². The molecule has 2 atom stereocenters. The minimum absolute atomic E-state index is 0.630. The van der Waals surface area contributed by atoms with Crippen molar-refractivity contribution < 1.29 is 0 Å². The van der Waals surface area contributed by atoms with Crippen molar-refractivity contribution >= 4 is 11.3 Å². The molecule has 1 aromatic rings. The third kappa shape index (κ3) is 14.8. The molecular formula is C31H51N. The quantitative estimate of drug-likeness (QED) is 0.350. The first-order valence-corrected chi connectivity index (χ1v) is 12.3. The molecule has 2 unspecified atom stereocenters. The second-order valence-corrected chi connectivity index (χ2v) is 8.84. The van der Waals surface area contributed by atoms with Crippen molar-refractivity contribution in [2.75, 3.05) is 0 Å². The first-order chi connectivity index (χ1) is 15.1. The van der Waals surface area contributed by atoms with Crippen LogP contribution in [0, 0.1) is 24.2 Å². The molecular weight excluding hydrogens is 386 g/mol.